The Morgan fingerprint density at radius 2 is 1.93 bits per heavy atom. The van der Waals surface area contributed by atoms with Crippen molar-refractivity contribution in [3.8, 4) is 0 Å². The third-order valence-corrected chi connectivity index (χ3v) is 2.64. The summed E-state index contributed by atoms with van der Waals surface area (Å²) < 4.78 is 26.5. The third kappa shape index (κ3) is 2.85. The summed E-state index contributed by atoms with van der Waals surface area (Å²) in [5.74, 6) is 0. The molecule has 0 aliphatic rings. The zero-order valence-corrected chi connectivity index (χ0v) is 8.82. The predicted molar refractivity (Wildman–Crippen MR) is 54.6 cm³/mol. The summed E-state index contributed by atoms with van der Waals surface area (Å²) in [6.45, 7) is 0. The van der Waals surface area contributed by atoms with E-state index < -0.39 is 10.0 Å². The Balaban J connectivity index is 2.99. The second kappa shape index (κ2) is 4.23. The van der Waals surface area contributed by atoms with Gasteiger partial charge < -0.3 is 4.90 Å². The van der Waals surface area contributed by atoms with Crippen LogP contribution in [0.5, 0.6) is 0 Å². The Hall–Kier alpha value is -1.36. The Kier molecular flexibility index (Phi) is 3.24. The Labute approximate surface area is 83.9 Å². The van der Waals surface area contributed by atoms with Crippen LogP contribution in [0.1, 0.15) is 0 Å². The van der Waals surface area contributed by atoms with Crippen molar-refractivity contribution in [2.45, 2.75) is 4.90 Å². The molecule has 4 nitrogen and oxygen atoms in total. The first-order valence-corrected chi connectivity index (χ1v) is 5.39. The van der Waals surface area contributed by atoms with E-state index in [4.69, 9.17) is 0 Å². The van der Waals surface area contributed by atoms with Crippen LogP contribution in [0.25, 0.3) is 0 Å². The van der Waals surface area contributed by atoms with Crippen LogP contribution in [0.15, 0.2) is 33.6 Å². The van der Waals surface area contributed by atoms with Crippen molar-refractivity contribution in [1.82, 2.24) is 4.90 Å². The van der Waals surface area contributed by atoms with Crippen LogP contribution in [-0.4, -0.2) is 33.8 Å². The standard InChI is InChI=1S/C9H11N2O2S/c1-11(2)8-10-14(12,13)9-6-4-3-5-7-9/h4-8H,1-2H3/b10-8+. The van der Waals surface area contributed by atoms with Crippen molar-refractivity contribution in [2.24, 2.45) is 4.40 Å². The molecule has 0 saturated heterocycles. The highest BCUT2D eigenvalue weighted by Gasteiger charge is 2.09. The zero-order valence-electron chi connectivity index (χ0n) is 8.01. The van der Waals surface area contributed by atoms with Crippen LogP contribution in [0, 0.1) is 6.07 Å². The average Bonchev–Trinajstić information content (AvgIpc) is 2.16. The lowest BCUT2D eigenvalue weighted by Crippen LogP contribution is -2.10. The van der Waals surface area contributed by atoms with Crippen molar-refractivity contribution >= 4 is 16.4 Å². The minimum atomic E-state index is -3.55. The molecule has 0 aliphatic heterocycles. The molecule has 0 fully saturated rings. The van der Waals surface area contributed by atoms with Crippen LogP contribution in [-0.2, 0) is 10.0 Å². The molecular weight excluding hydrogens is 200 g/mol. The summed E-state index contributed by atoms with van der Waals surface area (Å²) in [5, 5.41) is 0. The normalized spacial score (nSPS) is 11.9. The number of nitrogens with zero attached hydrogens (tertiary/aromatic N) is 2. The lowest BCUT2D eigenvalue weighted by Gasteiger charge is -2.02. The minimum absolute atomic E-state index is 0.175. The third-order valence-electron chi connectivity index (χ3n) is 1.40. The molecule has 0 spiro atoms. The Morgan fingerprint density at radius 1 is 1.36 bits per heavy atom. The second-order valence-electron chi connectivity index (χ2n) is 2.90. The highest BCUT2D eigenvalue weighted by molar-refractivity contribution is 7.90. The van der Waals surface area contributed by atoms with Gasteiger partial charge in [0.15, 0.2) is 0 Å². The van der Waals surface area contributed by atoms with Crippen molar-refractivity contribution in [2.75, 3.05) is 14.1 Å². The van der Waals surface area contributed by atoms with Gasteiger partial charge in [0, 0.05) is 14.1 Å². The minimum Gasteiger partial charge on any atom is -0.368 e. The maximum absolute atomic E-state index is 11.5. The first-order chi connectivity index (χ1) is 6.52. The van der Waals surface area contributed by atoms with E-state index in [0.29, 0.717) is 0 Å². The molecule has 0 saturated carbocycles. The molecule has 1 aromatic rings. The van der Waals surface area contributed by atoms with E-state index in [1.54, 1.807) is 19.0 Å². The summed E-state index contributed by atoms with van der Waals surface area (Å²) in [6.07, 6.45) is 1.26. The van der Waals surface area contributed by atoms with Gasteiger partial charge in [0.1, 0.15) is 6.34 Å². The molecule has 0 unspecified atom stereocenters. The summed E-state index contributed by atoms with van der Waals surface area (Å²) >= 11 is 0. The molecule has 1 rings (SSSR count). The van der Waals surface area contributed by atoms with Gasteiger partial charge >= 0.3 is 0 Å². The number of sulfonamides is 1. The summed E-state index contributed by atoms with van der Waals surface area (Å²) in [4.78, 5) is 1.74. The first-order valence-electron chi connectivity index (χ1n) is 3.95. The zero-order chi connectivity index (χ0) is 10.6. The number of hydrogen-bond donors (Lipinski definition) is 0. The van der Waals surface area contributed by atoms with E-state index in [0.717, 1.165) is 0 Å². The quantitative estimate of drug-likeness (QED) is 0.548. The SMILES string of the molecule is CN(C)/C=N/S(=O)(=O)c1cc[c]cc1. The molecule has 0 heterocycles. The lowest BCUT2D eigenvalue weighted by atomic mass is 10.4. The number of benzene rings is 1. The van der Waals surface area contributed by atoms with Gasteiger partial charge in [-0.15, -0.1) is 4.40 Å². The van der Waals surface area contributed by atoms with Crippen LogP contribution in [0.2, 0.25) is 0 Å². The van der Waals surface area contributed by atoms with Crippen LogP contribution in [0.4, 0.5) is 0 Å². The molecule has 0 aliphatic carbocycles. The molecule has 14 heavy (non-hydrogen) atoms. The van der Waals surface area contributed by atoms with Crippen molar-refractivity contribution in [1.29, 1.82) is 0 Å². The van der Waals surface area contributed by atoms with Crippen molar-refractivity contribution in [3.63, 3.8) is 0 Å². The van der Waals surface area contributed by atoms with Gasteiger partial charge in [-0.25, -0.2) is 0 Å². The van der Waals surface area contributed by atoms with E-state index in [9.17, 15) is 8.42 Å². The number of rotatable bonds is 3. The van der Waals surface area contributed by atoms with Gasteiger partial charge in [-0.2, -0.15) is 8.42 Å². The first kappa shape index (κ1) is 10.7. The van der Waals surface area contributed by atoms with E-state index in [2.05, 4.69) is 10.5 Å². The average molecular weight is 211 g/mol. The van der Waals surface area contributed by atoms with E-state index >= 15 is 0 Å². The van der Waals surface area contributed by atoms with Gasteiger partial charge in [0.25, 0.3) is 10.0 Å². The smallest absolute Gasteiger partial charge is 0.283 e. The monoisotopic (exact) mass is 211 g/mol. The maximum atomic E-state index is 11.5. The molecule has 0 atom stereocenters. The molecule has 5 heteroatoms. The highest BCUT2D eigenvalue weighted by atomic mass is 32.2. The van der Waals surface area contributed by atoms with Crippen LogP contribution >= 0.6 is 0 Å². The second-order valence-corrected chi connectivity index (χ2v) is 4.53. The summed E-state index contributed by atoms with van der Waals surface area (Å²) in [6, 6.07) is 8.74. The molecule has 1 radical (unpaired) electrons. The predicted octanol–water partition coefficient (Wildman–Crippen LogP) is 0.765. The lowest BCUT2D eigenvalue weighted by molar-refractivity contribution is 0.595. The van der Waals surface area contributed by atoms with Crippen LogP contribution < -0.4 is 0 Å². The molecule has 0 amide bonds. The topological polar surface area (TPSA) is 49.7 Å². The van der Waals surface area contributed by atoms with Gasteiger partial charge in [0.2, 0.25) is 0 Å². The number of hydrogen-bond acceptors (Lipinski definition) is 2. The van der Waals surface area contributed by atoms with Crippen LogP contribution in [0.3, 0.4) is 0 Å². The Bertz CT molecular complexity index is 410. The van der Waals surface area contributed by atoms with E-state index in [-0.39, 0.29) is 4.90 Å². The van der Waals surface area contributed by atoms with Gasteiger partial charge in [0.05, 0.1) is 4.90 Å². The summed E-state index contributed by atoms with van der Waals surface area (Å²) in [7, 11) is -0.135. The van der Waals surface area contributed by atoms with E-state index in [1.165, 1.54) is 30.6 Å². The highest BCUT2D eigenvalue weighted by Crippen LogP contribution is 2.09. The van der Waals surface area contributed by atoms with Gasteiger partial charge in [-0.3, -0.25) is 0 Å². The molecule has 0 aromatic heterocycles. The largest absolute Gasteiger partial charge is 0.368 e. The Morgan fingerprint density at radius 3 is 2.43 bits per heavy atom. The molecule has 75 valence electrons. The van der Waals surface area contributed by atoms with Crippen molar-refractivity contribution in [3.05, 3.63) is 30.3 Å². The fourth-order valence-corrected chi connectivity index (χ4v) is 1.68. The molecule has 0 bridgehead atoms. The molecular formula is C9H11N2O2S. The fraction of sp³-hybridized carbons (Fsp3) is 0.222. The van der Waals surface area contributed by atoms with Crippen molar-refractivity contribution < 1.29 is 8.42 Å². The maximum Gasteiger partial charge on any atom is 0.283 e. The molecule has 0 N–H and O–H groups in total. The van der Waals surface area contributed by atoms with E-state index in [1.807, 2.05) is 0 Å². The van der Waals surface area contributed by atoms with Gasteiger partial charge in [-0.1, -0.05) is 12.1 Å². The fourth-order valence-electron chi connectivity index (χ4n) is 0.761. The molecule has 1 aromatic carbocycles. The van der Waals surface area contributed by atoms with Gasteiger partial charge in [-0.05, 0) is 18.2 Å². The summed E-state index contributed by atoms with van der Waals surface area (Å²) in [5.41, 5.74) is 0.